The van der Waals surface area contributed by atoms with Gasteiger partial charge in [0.05, 0.1) is 6.54 Å². The predicted octanol–water partition coefficient (Wildman–Crippen LogP) is 2.55. The highest BCUT2D eigenvalue weighted by molar-refractivity contribution is 5.70. The fraction of sp³-hybridized carbons (Fsp3) is 0.471. The van der Waals surface area contributed by atoms with E-state index < -0.39 is 0 Å². The molecule has 1 spiro atoms. The first kappa shape index (κ1) is 15.0. The highest BCUT2D eigenvalue weighted by Gasteiger charge is 2.44. The molecule has 1 aromatic heterocycles. The summed E-state index contributed by atoms with van der Waals surface area (Å²) in [7, 11) is 1.78. The molecule has 0 bridgehead atoms. The van der Waals surface area contributed by atoms with Crippen LogP contribution in [0.4, 0.5) is 10.7 Å². The Bertz CT molecular complexity index is 732. The summed E-state index contributed by atoms with van der Waals surface area (Å²) in [5.74, 6) is 1.13. The number of hydrogen-bond donors (Lipinski definition) is 0. The van der Waals surface area contributed by atoms with Crippen LogP contribution in [0, 0.1) is 0 Å². The third-order valence-electron chi connectivity index (χ3n) is 4.76. The molecule has 0 radical (unpaired) electrons. The summed E-state index contributed by atoms with van der Waals surface area (Å²) in [5.41, 5.74) is 0.543. The molecule has 2 aliphatic heterocycles. The summed E-state index contributed by atoms with van der Waals surface area (Å²) in [6.07, 6.45) is 2.34. The minimum absolute atomic E-state index is 0.227. The molecular formula is C17H20N4O3. The molecule has 1 atom stereocenters. The van der Waals surface area contributed by atoms with Crippen molar-refractivity contribution in [2.75, 3.05) is 31.6 Å². The van der Waals surface area contributed by atoms with Crippen molar-refractivity contribution in [3.63, 3.8) is 0 Å². The van der Waals surface area contributed by atoms with E-state index in [0.717, 1.165) is 37.9 Å². The van der Waals surface area contributed by atoms with Crippen molar-refractivity contribution in [1.29, 1.82) is 0 Å². The number of nitrogens with zero attached hydrogens (tertiary/aromatic N) is 4. The number of rotatable bonds is 2. The molecule has 2 aliphatic rings. The molecule has 2 fully saturated rings. The lowest BCUT2D eigenvalue weighted by Gasteiger charge is -2.24. The Kier molecular flexibility index (Phi) is 3.63. The topological polar surface area (TPSA) is 71.7 Å². The zero-order valence-corrected chi connectivity index (χ0v) is 13.6. The summed E-state index contributed by atoms with van der Waals surface area (Å²) < 4.78 is 11.0. The quantitative estimate of drug-likeness (QED) is 0.843. The molecule has 0 aliphatic carbocycles. The lowest BCUT2D eigenvalue weighted by atomic mass is 9.95. The van der Waals surface area contributed by atoms with Crippen LogP contribution in [0.15, 0.2) is 34.9 Å². The van der Waals surface area contributed by atoms with Gasteiger partial charge in [-0.3, -0.25) is 0 Å². The molecule has 7 nitrogen and oxygen atoms in total. The third kappa shape index (κ3) is 2.70. The minimum atomic E-state index is -0.368. The number of hydrogen-bond acceptors (Lipinski definition) is 6. The van der Waals surface area contributed by atoms with E-state index in [1.807, 2.05) is 30.3 Å². The van der Waals surface area contributed by atoms with Crippen LogP contribution in [-0.4, -0.2) is 53.4 Å². The van der Waals surface area contributed by atoms with Crippen molar-refractivity contribution in [3.8, 4) is 11.5 Å². The molecule has 126 valence electrons. The summed E-state index contributed by atoms with van der Waals surface area (Å²) >= 11 is 0. The Balaban J connectivity index is 1.48. The maximum atomic E-state index is 11.7. The van der Waals surface area contributed by atoms with Gasteiger partial charge in [0, 0.05) is 32.1 Å². The summed E-state index contributed by atoms with van der Waals surface area (Å²) in [6.45, 7) is 2.23. The van der Waals surface area contributed by atoms with Gasteiger partial charge < -0.3 is 19.1 Å². The maximum Gasteiger partial charge on any atom is 0.410 e. The smallest absolute Gasteiger partial charge is 0.410 e. The Morgan fingerprint density at radius 2 is 2.00 bits per heavy atom. The lowest BCUT2D eigenvalue weighted by molar-refractivity contribution is 0.0473. The van der Waals surface area contributed by atoms with Gasteiger partial charge in [-0.2, -0.15) is 4.98 Å². The first-order chi connectivity index (χ1) is 11.7. The first-order valence-electron chi connectivity index (χ1n) is 8.23. The molecule has 0 saturated carbocycles. The fourth-order valence-corrected chi connectivity index (χ4v) is 3.46. The number of amides is 1. The van der Waals surface area contributed by atoms with Crippen LogP contribution < -0.4 is 4.90 Å². The Labute approximate surface area is 140 Å². The predicted molar refractivity (Wildman–Crippen MR) is 87.6 cm³/mol. The minimum Gasteiger partial charge on any atom is -0.441 e. The summed E-state index contributed by atoms with van der Waals surface area (Å²) in [4.78, 5) is 20.0. The van der Waals surface area contributed by atoms with E-state index in [0.29, 0.717) is 18.4 Å². The van der Waals surface area contributed by atoms with Gasteiger partial charge in [-0.05, 0) is 30.1 Å². The molecule has 24 heavy (non-hydrogen) atoms. The normalized spacial score (nSPS) is 24.3. The number of carbonyl (C=O) groups excluding carboxylic acids is 1. The fourth-order valence-electron chi connectivity index (χ4n) is 3.46. The molecule has 2 saturated heterocycles. The Morgan fingerprint density at radius 1 is 1.17 bits per heavy atom. The molecular weight excluding hydrogens is 308 g/mol. The number of benzene rings is 1. The van der Waals surface area contributed by atoms with Crippen molar-refractivity contribution >= 4 is 12.0 Å². The second-order valence-electron chi connectivity index (χ2n) is 6.51. The van der Waals surface area contributed by atoms with Gasteiger partial charge in [0.2, 0.25) is 0 Å². The van der Waals surface area contributed by atoms with Crippen LogP contribution in [-0.2, 0) is 4.74 Å². The largest absolute Gasteiger partial charge is 0.441 e. The summed E-state index contributed by atoms with van der Waals surface area (Å²) in [6, 6.07) is 9.74. The number of anilines is 1. The van der Waals surface area contributed by atoms with E-state index in [2.05, 4.69) is 15.0 Å². The molecule has 1 aromatic carbocycles. The van der Waals surface area contributed by atoms with Crippen LogP contribution >= 0.6 is 0 Å². The number of carbonyl (C=O) groups is 1. The van der Waals surface area contributed by atoms with Crippen molar-refractivity contribution in [3.05, 3.63) is 30.3 Å². The molecule has 1 amide bonds. The highest BCUT2D eigenvalue weighted by Crippen LogP contribution is 2.33. The molecule has 1 unspecified atom stereocenters. The van der Waals surface area contributed by atoms with Crippen molar-refractivity contribution in [1.82, 2.24) is 15.0 Å². The van der Waals surface area contributed by atoms with Crippen LogP contribution in [0.5, 0.6) is 0 Å². The second-order valence-corrected chi connectivity index (χ2v) is 6.51. The van der Waals surface area contributed by atoms with Crippen LogP contribution in [0.25, 0.3) is 11.5 Å². The molecule has 3 heterocycles. The van der Waals surface area contributed by atoms with Gasteiger partial charge in [-0.25, -0.2) is 4.79 Å². The van der Waals surface area contributed by atoms with E-state index in [1.165, 1.54) is 0 Å². The Hall–Kier alpha value is -2.57. The van der Waals surface area contributed by atoms with Gasteiger partial charge in [0.1, 0.15) is 5.60 Å². The summed E-state index contributed by atoms with van der Waals surface area (Å²) in [5, 5.41) is 4.12. The number of aromatic nitrogens is 2. The monoisotopic (exact) mass is 328 g/mol. The van der Waals surface area contributed by atoms with E-state index in [1.54, 1.807) is 11.9 Å². The zero-order valence-electron chi connectivity index (χ0n) is 13.6. The second kappa shape index (κ2) is 5.81. The molecule has 4 rings (SSSR count). The van der Waals surface area contributed by atoms with Crippen molar-refractivity contribution in [2.45, 2.75) is 24.9 Å². The molecule has 7 heteroatoms. The van der Waals surface area contributed by atoms with Gasteiger partial charge in [0.15, 0.2) is 0 Å². The van der Waals surface area contributed by atoms with Crippen molar-refractivity contribution < 1.29 is 14.1 Å². The van der Waals surface area contributed by atoms with Gasteiger partial charge in [-0.15, -0.1) is 0 Å². The SMILES string of the molecule is CN1CC2(CCCN(c3noc(-c4ccccc4)n3)CC2)OC1=O. The van der Waals surface area contributed by atoms with E-state index in [-0.39, 0.29) is 11.7 Å². The number of ether oxygens (including phenoxy) is 1. The number of likely N-dealkylation sites (N-methyl/N-ethyl adjacent to an activating group) is 1. The zero-order chi connectivity index (χ0) is 16.6. The van der Waals surface area contributed by atoms with Crippen LogP contribution in [0.1, 0.15) is 19.3 Å². The third-order valence-corrected chi connectivity index (χ3v) is 4.76. The van der Waals surface area contributed by atoms with Crippen LogP contribution in [0.3, 0.4) is 0 Å². The van der Waals surface area contributed by atoms with Gasteiger partial charge in [-0.1, -0.05) is 18.2 Å². The average Bonchev–Trinajstić information content (AvgIpc) is 3.11. The van der Waals surface area contributed by atoms with Gasteiger partial charge in [0.25, 0.3) is 11.8 Å². The van der Waals surface area contributed by atoms with E-state index >= 15 is 0 Å². The first-order valence-corrected chi connectivity index (χ1v) is 8.23. The molecule has 2 aromatic rings. The molecule has 0 N–H and O–H groups in total. The lowest BCUT2D eigenvalue weighted by Crippen LogP contribution is -2.35. The van der Waals surface area contributed by atoms with Crippen LogP contribution in [0.2, 0.25) is 0 Å². The van der Waals surface area contributed by atoms with E-state index in [9.17, 15) is 4.79 Å². The van der Waals surface area contributed by atoms with Gasteiger partial charge >= 0.3 is 6.09 Å². The average molecular weight is 328 g/mol. The Morgan fingerprint density at radius 3 is 2.75 bits per heavy atom. The maximum absolute atomic E-state index is 11.7. The van der Waals surface area contributed by atoms with Crippen molar-refractivity contribution in [2.24, 2.45) is 0 Å². The standard InChI is InChI=1S/C17H20N4O3/c1-20-12-17(23-16(20)22)8-5-10-21(11-9-17)15-18-14(24-19-15)13-6-3-2-4-7-13/h2-4,6-7H,5,8-12H2,1H3. The van der Waals surface area contributed by atoms with E-state index in [4.69, 9.17) is 9.26 Å². The highest BCUT2D eigenvalue weighted by atomic mass is 16.6.